The highest BCUT2D eigenvalue weighted by molar-refractivity contribution is 5.54. The van der Waals surface area contributed by atoms with Crippen LogP contribution in [-0.2, 0) is 6.54 Å². The van der Waals surface area contributed by atoms with Crippen molar-refractivity contribution in [2.75, 3.05) is 26.4 Å². The molecule has 0 aliphatic rings. The summed E-state index contributed by atoms with van der Waals surface area (Å²) in [5.41, 5.74) is 6.71. The SMILES string of the molecule is CCOc1cc(CNC(C)CN)cc(OCC)c1OCC. The number of ether oxygens (including phenoxy) is 3. The first-order valence-corrected chi connectivity index (χ1v) is 7.64. The lowest BCUT2D eigenvalue weighted by Gasteiger charge is -2.18. The number of rotatable bonds is 10. The van der Waals surface area contributed by atoms with E-state index < -0.39 is 0 Å². The first kappa shape index (κ1) is 17.6. The predicted octanol–water partition coefficient (Wildman–Crippen LogP) is 2.32. The van der Waals surface area contributed by atoms with Crippen LogP contribution >= 0.6 is 0 Å². The van der Waals surface area contributed by atoms with Crippen molar-refractivity contribution < 1.29 is 14.2 Å². The van der Waals surface area contributed by atoms with Crippen molar-refractivity contribution >= 4 is 0 Å². The minimum Gasteiger partial charge on any atom is -0.490 e. The lowest BCUT2D eigenvalue weighted by atomic mass is 10.1. The van der Waals surface area contributed by atoms with Crippen molar-refractivity contribution in [2.45, 2.75) is 40.3 Å². The summed E-state index contributed by atoms with van der Waals surface area (Å²) >= 11 is 0. The quantitative estimate of drug-likeness (QED) is 0.693. The van der Waals surface area contributed by atoms with E-state index in [1.807, 2.05) is 32.9 Å². The Balaban J connectivity index is 3.03. The van der Waals surface area contributed by atoms with Crippen LogP contribution in [-0.4, -0.2) is 32.4 Å². The molecule has 1 unspecified atom stereocenters. The molecule has 0 aliphatic heterocycles. The van der Waals surface area contributed by atoms with E-state index in [0.29, 0.717) is 38.7 Å². The molecule has 1 rings (SSSR count). The minimum atomic E-state index is 0.266. The Morgan fingerprint density at radius 2 is 1.52 bits per heavy atom. The largest absolute Gasteiger partial charge is 0.490 e. The molecule has 120 valence electrons. The number of benzene rings is 1. The van der Waals surface area contributed by atoms with Gasteiger partial charge in [0.1, 0.15) is 0 Å². The summed E-state index contributed by atoms with van der Waals surface area (Å²) < 4.78 is 17.1. The maximum atomic E-state index is 5.69. The normalized spacial score (nSPS) is 12.0. The molecule has 0 bridgehead atoms. The molecule has 5 nitrogen and oxygen atoms in total. The van der Waals surface area contributed by atoms with Crippen LogP contribution in [0.1, 0.15) is 33.3 Å². The minimum absolute atomic E-state index is 0.266. The summed E-state index contributed by atoms with van der Waals surface area (Å²) in [6, 6.07) is 4.25. The van der Waals surface area contributed by atoms with Crippen LogP contribution in [0.3, 0.4) is 0 Å². The average Bonchev–Trinajstić information content (AvgIpc) is 2.48. The van der Waals surface area contributed by atoms with Gasteiger partial charge in [-0.15, -0.1) is 0 Å². The van der Waals surface area contributed by atoms with E-state index in [1.165, 1.54) is 0 Å². The molecule has 0 spiro atoms. The van der Waals surface area contributed by atoms with Crippen LogP contribution in [0.2, 0.25) is 0 Å². The first-order chi connectivity index (χ1) is 10.2. The molecule has 0 aliphatic carbocycles. The summed E-state index contributed by atoms with van der Waals surface area (Å²) in [6.45, 7) is 11.0. The number of hydrogen-bond acceptors (Lipinski definition) is 5. The molecule has 21 heavy (non-hydrogen) atoms. The van der Waals surface area contributed by atoms with Gasteiger partial charge in [-0.3, -0.25) is 0 Å². The highest BCUT2D eigenvalue weighted by atomic mass is 16.5. The predicted molar refractivity (Wildman–Crippen MR) is 85.3 cm³/mol. The van der Waals surface area contributed by atoms with Crippen LogP contribution in [0.5, 0.6) is 17.2 Å². The van der Waals surface area contributed by atoms with Crippen LogP contribution < -0.4 is 25.3 Å². The van der Waals surface area contributed by atoms with Gasteiger partial charge in [0.25, 0.3) is 0 Å². The number of hydrogen-bond donors (Lipinski definition) is 2. The Morgan fingerprint density at radius 3 is 1.95 bits per heavy atom. The number of nitrogens with two attached hydrogens (primary N) is 1. The molecule has 1 atom stereocenters. The highest BCUT2D eigenvalue weighted by Crippen LogP contribution is 2.39. The van der Waals surface area contributed by atoms with Gasteiger partial charge < -0.3 is 25.3 Å². The van der Waals surface area contributed by atoms with Crippen molar-refractivity contribution in [3.63, 3.8) is 0 Å². The Kier molecular flexibility index (Phi) is 7.93. The van der Waals surface area contributed by atoms with Crippen LogP contribution in [0.4, 0.5) is 0 Å². The highest BCUT2D eigenvalue weighted by Gasteiger charge is 2.15. The van der Waals surface area contributed by atoms with Crippen LogP contribution in [0.15, 0.2) is 12.1 Å². The smallest absolute Gasteiger partial charge is 0.203 e. The molecule has 1 aromatic rings. The fourth-order valence-corrected chi connectivity index (χ4v) is 1.92. The number of nitrogens with one attached hydrogen (secondary N) is 1. The van der Waals surface area contributed by atoms with E-state index in [4.69, 9.17) is 19.9 Å². The second-order valence-electron chi connectivity index (χ2n) is 4.74. The second kappa shape index (κ2) is 9.47. The van der Waals surface area contributed by atoms with E-state index in [9.17, 15) is 0 Å². The Morgan fingerprint density at radius 1 is 1.00 bits per heavy atom. The third-order valence-corrected chi connectivity index (χ3v) is 2.98. The van der Waals surface area contributed by atoms with E-state index >= 15 is 0 Å². The van der Waals surface area contributed by atoms with Crippen molar-refractivity contribution in [3.05, 3.63) is 17.7 Å². The third-order valence-electron chi connectivity index (χ3n) is 2.98. The molecular weight excluding hydrogens is 268 g/mol. The topological polar surface area (TPSA) is 65.7 Å². The molecular formula is C16H28N2O3. The van der Waals surface area contributed by atoms with E-state index in [2.05, 4.69) is 12.2 Å². The van der Waals surface area contributed by atoms with Gasteiger partial charge in [0, 0.05) is 19.1 Å². The molecule has 0 saturated heterocycles. The zero-order chi connectivity index (χ0) is 15.7. The molecule has 0 amide bonds. The van der Waals surface area contributed by atoms with Gasteiger partial charge in [-0.05, 0) is 45.4 Å². The monoisotopic (exact) mass is 296 g/mol. The van der Waals surface area contributed by atoms with Gasteiger partial charge in [0.15, 0.2) is 11.5 Å². The fraction of sp³-hybridized carbons (Fsp3) is 0.625. The summed E-state index contributed by atoms with van der Waals surface area (Å²) in [6.07, 6.45) is 0. The second-order valence-corrected chi connectivity index (χ2v) is 4.74. The van der Waals surface area contributed by atoms with Gasteiger partial charge >= 0.3 is 0 Å². The molecule has 0 radical (unpaired) electrons. The molecule has 5 heteroatoms. The zero-order valence-corrected chi connectivity index (χ0v) is 13.6. The summed E-state index contributed by atoms with van der Waals surface area (Å²) in [5, 5.41) is 3.36. The van der Waals surface area contributed by atoms with Crippen LogP contribution in [0.25, 0.3) is 0 Å². The van der Waals surface area contributed by atoms with E-state index in [0.717, 1.165) is 17.1 Å². The fourth-order valence-electron chi connectivity index (χ4n) is 1.92. The molecule has 0 aromatic heterocycles. The molecule has 0 heterocycles. The summed E-state index contributed by atoms with van der Waals surface area (Å²) in [7, 11) is 0. The lowest BCUT2D eigenvalue weighted by molar-refractivity contribution is 0.260. The Hall–Kier alpha value is -1.46. The maximum absolute atomic E-state index is 5.69. The summed E-state index contributed by atoms with van der Waals surface area (Å²) in [4.78, 5) is 0. The van der Waals surface area contributed by atoms with Crippen molar-refractivity contribution in [3.8, 4) is 17.2 Å². The van der Waals surface area contributed by atoms with Crippen molar-refractivity contribution in [1.29, 1.82) is 0 Å². The standard InChI is InChI=1S/C16H28N2O3/c1-5-19-14-8-13(11-18-12(4)10-17)9-15(20-6-2)16(14)21-7-3/h8-9,12,18H,5-7,10-11,17H2,1-4H3. The molecule has 0 fully saturated rings. The zero-order valence-electron chi connectivity index (χ0n) is 13.6. The lowest BCUT2D eigenvalue weighted by Crippen LogP contribution is -2.32. The van der Waals surface area contributed by atoms with Gasteiger partial charge in [-0.2, -0.15) is 0 Å². The average molecular weight is 296 g/mol. The first-order valence-electron chi connectivity index (χ1n) is 7.64. The Bertz CT molecular complexity index is 397. The Labute approximate surface area is 127 Å². The van der Waals surface area contributed by atoms with Gasteiger partial charge in [0.2, 0.25) is 5.75 Å². The van der Waals surface area contributed by atoms with E-state index in [-0.39, 0.29) is 6.04 Å². The van der Waals surface area contributed by atoms with Crippen LogP contribution in [0, 0.1) is 0 Å². The summed E-state index contributed by atoms with van der Waals surface area (Å²) in [5.74, 6) is 2.13. The van der Waals surface area contributed by atoms with Crippen molar-refractivity contribution in [2.24, 2.45) is 5.73 Å². The molecule has 0 saturated carbocycles. The molecule has 1 aromatic carbocycles. The maximum Gasteiger partial charge on any atom is 0.203 e. The van der Waals surface area contributed by atoms with Gasteiger partial charge in [-0.25, -0.2) is 0 Å². The van der Waals surface area contributed by atoms with E-state index in [1.54, 1.807) is 0 Å². The van der Waals surface area contributed by atoms with Crippen molar-refractivity contribution in [1.82, 2.24) is 5.32 Å². The third kappa shape index (κ3) is 5.44. The van der Waals surface area contributed by atoms with Gasteiger partial charge in [0.05, 0.1) is 19.8 Å². The van der Waals surface area contributed by atoms with Gasteiger partial charge in [-0.1, -0.05) is 0 Å². The molecule has 3 N–H and O–H groups in total.